The van der Waals surface area contributed by atoms with E-state index in [9.17, 15) is 4.79 Å². The van der Waals surface area contributed by atoms with Crippen LogP contribution in [0.3, 0.4) is 0 Å². The summed E-state index contributed by atoms with van der Waals surface area (Å²) in [7, 11) is 0. The Morgan fingerprint density at radius 1 is 1.41 bits per heavy atom. The van der Waals surface area contributed by atoms with Gasteiger partial charge < -0.3 is 5.73 Å². The highest BCUT2D eigenvalue weighted by molar-refractivity contribution is 7.13. The van der Waals surface area contributed by atoms with Gasteiger partial charge in [0.15, 0.2) is 0 Å². The molecule has 2 aromatic rings. The molecule has 0 fully saturated rings. The number of nitrogens with one attached hydrogen (secondary N) is 1. The number of amides is 1. The second-order valence-corrected chi connectivity index (χ2v) is 4.36. The number of carbonyl (C=O) groups excluding carboxylic acids is 1. The minimum absolute atomic E-state index is 0.245. The van der Waals surface area contributed by atoms with Crippen LogP contribution in [-0.2, 0) is 11.2 Å². The molecule has 1 atom stereocenters. The van der Waals surface area contributed by atoms with Gasteiger partial charge in [-0.3, -0.25) is 10.1 Å². The van der Waals surface area contributed by atoms with Crippen LogP contribution in [0.5, 0.6) is 0 Å². The highest BCUT2D eigenvalue weighted by atomic mass is 32.1. The third-order valence-corrected chi connectivity index (χ3v) is 2.83. The quantitative estimate of drug-likeness (QED) is 0.847. The van der Waals surface area contributed by atoms with Crippen molar-refractivity contribution in [2.75, 3.05) is 5.32 Å². The van der Waals surface area contributed by atoms with E-state index in [1.54, 1.807) is 5.51 Å². The van der Waals surface area contributed by atoms with Crippen LogP contribution < -0.4 is 11.1 Å². The average Bonchev–Trinajstić information content (AvgIpc) is 2.83. The molecular formula is C11H12N4OS. The maximum Gasteiger partial charge on any atom is 0.243 e. The number of hydrogen-bond acceptors (Lipinski definition) is 5. The molecule has 0 radical (unpaired) electrons. The van der Waals surface area contributed by atoms with Gasteiger partial charge in [0.1, 0.15) is 5.51 Å². The molecule has 17 heavy (non-hydrogen) atoms. The Bertz CT molecular complexity index is 471. The van der Waals surface area contributed by atoms with Crippen LogP contribution in [0.2, 0.25) is 0 Å². The van der Waals surface area contributed by atoms with Gasteiger partial charge in [0.25, 0.3) is 0 Å². The van der Waals surface area contributed by atoms with Gasteiger partial charge in [-0.1, -0.05) is 41.7 Å². The van der Waals surface area contributed by atoms with E-state index in [2.05, 4.69) is 15.5 Å². The molecule has 88 valence electrons. The summed E-state index contributed by atoms with van der Waals surface area (Å²) in [6.45, 7) is 0. The van der Waals surface area contributed by atoms with Crippen molar-refractivity contribution >= 4 is 22.4 Å². The Morgan fingerprint density at radius 3 is 2.82 bits per heavy atom. The number of nitrogens with two attached hydrogens (primary N) is 1. The molecule has 0 aliphatic carbocycles. The molecular weight excluding hydrogens is 236 g/mol. The van der Waals surface area contributed by atoms with Crippen molar-refractivity contribution in [3.05, 3.63) is 41.4 Å². The monoisotopic (exact) mass is 248 g/mol. The van der Waals surface area contributed by atoms with Gasteiger partial charge >= 0.3 is 0 Å². The number of benzene rings is 1. The van der Waals surface area contributed by atoms with Crippen molar-refractivity contribution in [1.29, 1.82) is 0 Å². The SMILES string of the molecule is N[C@H](Cc1ccccc1)C(=O)Nc1nncs1. The van der Waals surface area contributed by atoms with E-state index in [0.717, 1.165) is 5.56 Å². The summed E-state index contributed by atoms with van der Waals surface area (Å²) in [5.74, 6) is -0.245. The lowest BCUT2D eigenvalue weighted by Gasteiger charge is -2.10. The van der Waals surface area contributed by atoms with Crippen molar-refractivity contribution in [2.45, 2.75) is 12.5 Å². The van der Waals surface area contributed by atoms with Crippen molar-refractivity contribution in [3.63, 3.8) is 0 Å². The largest absolute Gasteiger partial charge is 0.320 e. The fourth-order valence-corrected chi connectivity index (χ4v) is 1.83. The zero-order valence-corrected chi connectivity index (χ0v) is 9.85. The van der Waals surface area contributed by atoms with E-state index >= 15 is 0 Å². The molecule has 0 aliphatic rings. The molecule has 0 bridgehead atoms. The van der Waals surface area contributed by atoms with E-state index in [4.69, 9.17) is 5.73 Å². The van der Waals surface area contributed by atoms with Gasteiger partial charge in [0.2, 0.25) is 11.0 Å². The number of rotatable bonds is 4. The van der Waals surface area contributed by atoms with Crippen LogP contribution in [0.15, 0.2) is 35.8 Å². The first kappa shape index (κ1) is 11.7. The summed E-state index contributed by atoms with van der Waals surface area (Å²) in [5, 5.41) is 10.5. The molecule has 6 heteroatoms. The second kappa shape index (κ2) is 5.51. The van der Waals surface area contributed by atoms with Crippen LogP contribution in [0.25, 0.3) is 0 Å². The number of anilines is 1. The van der Waals surface area contributed by atoms with Crippen LogP contribution in [0.1, 0.15) is 5.56 Å². The smallest absolute Gasteiger partial charge is 0.243 e. The van der Waals surface area contributed by atoms with Crippen molar-refractivity contribution in [2.24, 2.45) is 5.73 Å². The number of aromatic nitrogens is 2. The zero-order chi connectivity index (χ0) is 12.1. The van der Waals surface area contributed by atoms with Gasteiger partial charge in [0.05, 0.1) is 6.04 Å². The molecule has 0 unspecified atom stereocenters. The molecule has 3 N–H and O–H groups in total. The van der Waals surface area contributed by atoms with Gasteiger partial charge in [-0.2, -0.15) is 0 Å². The van der Waals surface area contributed by atoms with Crippen LogP contribution in [0.4, 0.5) is 5.13 Å². The summed E-state index contributed by atoms with van der Waals surface area (Å²) in [6.07, 6.45) is 0.505. The molecule has 1 aromatic heterocycles. The predicted octanol–water partition coefficient (Wildman–Crippen LogP) is 1.05. The van der Waals surface area contributed by atoms with E-state index < -0.39 is 6.04 Å². The fraction of sp³-hybridized carbons (Fsp3) is 0.182. The summed E-state index contributed by atoms with van der Waals surface area (Å²) in [4.78, 5) is 11.7. The third-order valence-electron chi connectivity index (χ3n) is 2.23. The molecule has 1 heterocycles. The van der Waals surface area contributed by atoms with Gasteiger partial charge in [0, 0.05) is 0 Å². The summed E-state index contributed by atoms with van der Waals surface area (Å²) >= 11 is 1.27. The van der Waals surface area contributed by atoms with Crippen molar-refractivity contribution in [1.82, 2.24) is 10.2 Å². The lowest BCUT2D eigenvalue weighted by atomic mass is 10.1. The van der Waals surface area contributed by atoms with Crippen molar-refractivity contribution in [3.8, 4) is 0 Å². The maximum atomic E-state index is 11.7. The number of nitrogens with zero attached hydrogens (tertiary/aromatic N) is 2. The normalized spacial score (nSPS) is 12.1. The summed E-state index contributed by atoms with van der Waals surface area (Å²) in [5.41, 5.74) is 8.40. The standard InChI is InChI=1S/C11H12N4OS/c12-9(6-8-4-2-1-3-5-8)10(16)14-11-15-13-7-17-11/h1-5,7,9H,6,12H2,(H,14,15,16)/t9-/m1/s1. The molecule has 5 nitrogen and oxygen atoms in total. The lowest BCUT2D eigenvalue weighted by Crippen LogP contribution is -2.37. The molecule has 0 saturated heterocycles. The minimum atomic E-state index is -0.582. The Balaban J connectivity index is 1.92. The molecule has 2 rings (SSSR count). The average molecular weight is 248 g/mol. The predicted molar refractivity (Wildman–Crippen MR) is 66.7 cm³/mol. The van der Waals surface area contributed by atoms with Gasteiger partial charge in [-0.05, 0) is 12.0 Å². The fourth-order valence-electron chi connectivity index (χ4n) is 1.39. The lowest BCUT2D eigenvalue weighted by molar-refractivity contribution is -0.117. The first-order valence-electron chi connectivity index (χ1n) is 5.12. The first-order valence-corrected chi connectivity index (χ1v) is 6.00. The van der Waals surface area contributed by atoms with Gasteiger partial charge in [-0.25, -0.2) is 0 Å². The first-order chi connectivity index (χ1) is 8.25. The van der Waals surface area contributed by atoms with E-state index in [0.29, 0.717) is 11.6 Å². The summed E-state index contributed by atoms with van der Waals surface area (Å²) < 4.78 is 0. The number of carbonyl (C=O) groups is 1. The highest BCUT2D eigenvalue weighted by Crippen LogP contribution is 2.09. The molecule has 0 aliphatic heterocycles. The summed E-state index contributed by atoms with van der Waals surface area (Å²) in [6, 6.07) is 9.07. The van der Waals surface area contributed by atoms with E-state index in [-0.39, 0.29) is 5.91 Å². The van der Waals surface area contributed by atoms with Crippen LogP contribution in [0, 0.1) is 0 Å². The third kappa shape index (κ3) is 3.33. The molecule has 0 saturated carbocycles. The van der Waals surface area contributed by atoms with Crippen LogP contribution in [-0.4, -0.2) is 22.1 Å². The highest BCUT2D eigenvalue weighted by Gasteiger charge is 2.15. The van der Waals surface area contributed by atoms with Gasteiger partial charge in [-0.15, -0.1) is 10.2 Å². The minimum Gasteiger partial charge on any atom is -0.320 e. The topological polar surface area (TPSA) is 80.9 Å². The molecule has 1 aromatic carbocycles. The Hall–Kier alpha value is -1.79. The Labute approximate surface area is 103 Å². The molecule has 1 amide bonds. The van der Waals surface area contributed by atoms with Crippen molar-refractivity contribution < 1.29 is 4.79 Å². The van der Waals surface area contributed by atoms with Crippen LogP contribution >= 0.6 is 11.3 Å². The number of hydrogen-bond donors (Lipinski definition) is 2. The second-order valence-electron chi connectivity index (χ2n) is 3.53. The molecule has 0 spiro atoms. The Kier molecular flexibility index (Phi) is 3.79. The van der Waals surface area contributed by atoms with E-state index in [1.165, 1.54) is 11.3 Å². The van der Waals surface area contributed by atoms with E-state index in [1.807, 2.05) is 30.3 Å². The maximum absolute atomic E-state index is 11.7. The zero-order valence-electron chi connectivity index (χ0n) is 9.04. The Morgan fingerprint density at radius 2 is 2.18 bits per heavy atom.